The molecule has 1 rings (SSSR count). The van der Waals surface area contributed by atoms with Crippen molar-refractivity contribution in [3.8, 4) is 0 Å². The Morgan fingerprint density at radius 3 is 2.10 bits per heavy atom. The third-order valence-corrected chi connectivity index (χ3v) is 3.55. The number of carboxylic acid groups (broad SMARTS) is 1. The molecule has 0 aliphatic heterocycles. The monoisotopic (exact) mass is 290 g/mol. The van der Waals surface area contributed by atoms with Crippen molar-refractivity contribution in [2.75, 3.05) is 0 Å². The molecule has 0 heterocycles. The van der Waals surface area contributed by atoms with E-state index in [2.05, 4.69) is 38.1 Å². The van der Waals surface area contributed by atoms with Crippen molar-refractivity contribution in [3.63, 3.8) is 0 Å². The summed E-state index contributed by atoms with van der Waals surface area (Å²) < 4.78 is 0. The van der Waals surface area contributed by atoms with Gasteiger partial charge < -0.3 is 5.11 Å². The molecule has 0 amide bonds. The van der Waals surface area contributed by atoms with Crippen molar-refractivity contribution in [3.05, 3.63) is 47.5 Å². The van der Waals surface area contributed by atoms with E-state index in [1.165, 1.54) is 11.1 Å². The van der Waals surface area contributed by atoms with Crippen LogP contribution in [0.15, 0.2) is 36.4 Å². The van der Waals surface area contributed by atoms with Gasteiger partial charge in [0.05, 0.1) is 5.41 Å². The van der Waals surface area contributed by atoms with Crippen LogP contribution in [0.4, 0.5) is 0 Å². The Bertz CT molecular complexity index is 441. The highest BCUT2D eigenvalue weighted by Crippen LogP contribution is 2.25. The zero-order chi connectivity index (χ0) is 16.5. The van der Waals surface area contributed by atoms with E-state index in [-0.39, 0.29) is 5.92 Å². The molecule has 1 unspecified atom stereocenters. The van der Waals surface area contributed by atoms with Gasteiger partial charge >= 0.3 is 5.97 Å². The first-order valence-corrected chi connectivity index (χ1v) is 7.92. The van der Waals surface area contributed by atoms with Crippen molar-refractivity contribution in [2.24, 2.45) is 5.41 Å². The molecule has 0 radical (unpaired) electrons. The Morgan fingerprint density at radius 2 is 1.71 bits per heavy atom. The molecule has 0 aromatic heterocycles. The second-order valence-electron chi connectivity index (χ2n) is 5.50. The lowest BCUT2D eigenvalue weighted by Gasteiger charge is -2.16. The second-order valence-corrected chi connectivity index (χ2v) is 5.50. The molecule has 0 saturated carbocycles. The summed E-state index contributed by atoms with van der Waals surface area (Å²) in [5.74, 6) is -0.510. The van der Waals surface area contributed by atoms with Gasteiger partial charge in [0.1, 0.15) is 0 Å². The number of hydrogen-bond donors (Lipinski definition) is 1. The first kappa shape index (κ1) is 19.4. The van der Waals surface area contributed by atoms with E-state index in [9.17, 15) is 4.79 Å². The van der Waals surface area contributed by atoms with Crippen LogP contribution >= 0.6 is 0 Å². The zero-order valence-electron chi connectivity index (χ0n) is 14.3. The fourth-order valence-electron chi connectivity index (χ4n) is 1.91. The Kier molecular flexibility index (Phi) is 8.68. The van der Waals surface area contributed by atoms with Gasteiger partial charge in [-0.15, -0.1) is 0 Å². The normalized spacial score (nSPS) is 12.7. The molecule has 0 aliphatic rings. The van der Waals surface area contributed by atoms with Gasteiger partial charge in [-0.1, -0.05) is 64.1 Å². The summed E-state index contributed by atoms with van der Waals surface area (Å²) in [4.78, 5) is 11.1. The smallest absolute Gasteiger partial charge is 0.312 e. The first-order chi connectivity index (χ1) is 9.90. The molecular formula is C19H30O2. The van der Waals surface area contributed by atoms with Gasteiger partial charge in [0.25, 0.3) is 0 Å². The highest BCUT2D eigenvalue weighted by atomic mass is 16.4. The van der Waals surface area contributed by atoms with Crippen molar-refractivity contribution in [1.29, 1.82) is 0 Å². The Balaban J connectivity index is 0.00000191. The van der Waals surface area contributed by atoms with Crippen LogP contribution in [0.2, 0.25) is 0 Å². The minimum Gasteiger partial charge on any atom is -0.481 e. The number of benzene rings is 1. The number of carbonyl (C=O) groups is 1. The van der Waals surface area contributed by atoms with E-state index >= 15 is 0 Å². The summed E-state index contributed by atoms with van der Waals surface area (Å²) in [6.07, 6.45) is 5.84. The molecule has 0 bridgehead atoms. The minimum absolute atomic E-state index is 0.282. The Morgan fingerprint density at radius 1 is 1.19 bits per heavy atom. The molecule has 2 nitrogen and oxygen atoms in total. The second kappa shape index (κ2) is 9.38. The number of rotatable bonds is 6. The lowest BCUT2D eigenvalue weighted by atomic mass is 9.88. The largest absolute Gasteiger partial charge is 0.481 e. The number of aryl methyl sites for hydroxylation is 1. The van der Waals surface area contributed by atoms with Gasteiger partial charge in [0, 0.05) is 5.92 Å². The van der Waals surface area contributed by atoms with Crippen LogP contribution in [0.1, 0.15) is 65.0 Å². The van der Waals surface area contributed by atoms with Crippen LogP contribution in [0.5, 0.6) is 0 Å². The van der Waals surface area contributed by atoms with Gasteiger partial charge in [-0.05, 0) is 37.8 Å². The minimum atomic E-state index is -0.809. The van der Waals surface area contributed by atoms with E-state index in [0.717, 1.165) is 12.8 Å². The van der Waals surface area contributed by atoms with E-state index in [1.54, 1.807) is 19.9 Å². The Hall–Kier alpha value is -1.57. The first-order valence-electron chi connectivity index (χ1n) is 7.92. The van der Waals surface area contributed by atoms with Crippen LogP contribution in [-0.2, 0) is 11.2 Å². The zero-order valence-corrected chi connectivity index (χ0v) is 14.3. The Labute approximate surface area is 129 Å². The van der Waals surface area contributed by atoms with E-state index in [0.29, 0.717) is 0 Å². The van der Waals surface area contributed by atoms with Crippen molar-refractivity contribution in [2.45, 2.75) is 60.3 Å². The van der Waals surface area contributed by atoms with Gasteiger partial charge in [0.2, 0.25) is 0 Å². The third kappa shape index (κ3) is 6.16. The summed E-state index contributed by atoms with van der Waals surface area (Å²) in [5, 5.41) is 9.11. The summed E-state index contributed by atoms with van der Waals surface area (Å²) in [6.45, 7) is 11.7. The molecule has 1 aromatic rings. The highest BCUT2D eigenvalue weighted by Gasteiger charge is 2.23. The fraction of sp³-hybridized carbons (Fsp3) is 0.526. The maximum absolute atomic E-state index is 11.1. The average Bonchev–Trinajstić information content (AvgIpc) is 2.50. The summed E-state index contributed by atoms with van der Waals surface area (Å²) in [5.41, 5.74) is 1.77. The molecule has 1 aromatic carbocycles. The highest BCUT2D eigenvalue weighted by molar-refractivity contribution is 5.75. The van der Waals surface area contributed by atoms with Crippen LogP contribution in [0.25, 0.3) is 0 Å². The third-order valence-electron chi connectivity index (χ3n) is 3.55. The van der Waals surface area contributed by atoms with Gasteiger partial charge in [-0.2, -0.15) is 0 Å². The summed E-state index contributed by atoms with van der Waals surface area (Å²) >= 11 is 0. The van der Waals surface area contributed by atoms with E-state index < -0.39 is 11.4 Å². The van der Waals surface area contributed by atoms with Crippen LogP contribution < -0.4 is 0 Å². The SMILES string of the molecule is CC.CCc1ccc(C(C=CC(C)(C)C(=O)O)CC)cc1. The fourth-order valence-corrected chi connectivity index (χ4v) is 1.91. The molecule has 1 atom stereocenters. The topological polar surface area (TPSA) is 37.3 Å². The van der Waals surface area contributed by atoms with Crippen LogP contribution in [-0.4, -0.2) is 11.1 Å². The molecule has 1 N–H and O–H groups in total. The van der Waals surface area contributed by atoms with Gasteiger partial charge in [-0.3, -0.25) is 4.79 Å². The van der Waals surface area contributed by atoms with Crippen molar-refractivity contribution < 1.29 is 9.90 Å². The number of allylic oxidation sites excluding steroid dienone is 1. The molecule has 21 heavy (non-hydrogen) atoms. The predicted molar refractivity (Wildman–Crippen MR) is 90.8 cm³/mol. The van der Waals surface area contributed by atoms with E-state index in [4.69, 9.17) is 5.11 Å². The molecular weight excluding hydrogens is 260 g/mol. The molecule has 0 fully saturated rings. The standard InChI is InChI=1S/C17H24O2.C2H6/c1-5-13-7-9-15(10-8-13)14(6-2)11-12-17(3,4)16(18)19;1-2/h7-12,14H,5-6H2,1-4H3,(H,18,19);1-2H3. The molecule has 0 saturated heterocycles. The average molecular weight is 290 g/mol. The van der Waals surface area contributed by atoms with Crippen molar-refractivity contribution >= 4 is 5.97 Å². The molecule has 0 aliphatic carbocycles. The van der Waals surface area contributed by atoms with Gasteiger partial charge in [-0.25, -0.2) is 0 Å². The maximum Gasteiger partial charge on any atom is 0.312 e. The maximum atomic E-state index is 11.1. The summed E-state index contributed by atoms with van der Waals surface area (Å²) in [6, 6.07) is 8.58. The lowest BCUT2D eigenvalue weighted by molar-refractivity contribution is -0.144. The summed E-state index contributed by atoms with van der Waals surface area (Å²) in [7, 11) is 0. The quantitative estimate of drug-likeness (QED) is 0.709. The molecule has 0 spiro atoms. The number of carboxylic acids is 1. The lowest BCUT2D eigenvalue weighted by Crippen LogP contribution is -2.20. The van der Waals surface area contributed by atoms with Crippen LogP contribution in [0, 0.1) is 5.41 Å². The predicted octanol–water partition coefficient (Wildman–Crippen LogP) is 5.44. The van der Waals surface area contributed by atoms with Crippen LogP contribution in [0.3, 0.4) is 0 Å². The van der Waals surface area contributed by atoms with Crippen molar-refractivity contribution in [1.82, 2.24) is 0 Å². The number of hydrogen-bond acceptors (Lipinski definition) is 1. The van der Waals surface area contributed by atoms with Gasteiger partial charge in [0.15, 0.2) is 0 Å². The number of aliphatic carboxylic acids is 1. The molecule has 118 valence electrons. The molecule has 2 heteroatoms. The van der Waals surface area contributed by atoms with E-state index in [1.807, 2.05) is 19.9 Å².